The van der Waals surface area contributed by atoms with Crippen LogP contribution in [0.25, 0.3) is 6.08 Å². The van der Waals surface area contributed by atoms with Crippen LogP contribution in [0.15, 0.2) is 57.6 Å². The zero-order valence-corrected chi connectivity index (χ0v) is 16.4. The molecule has 0 N–H and O–H groups in total. The van der Waals surface area contributed by atoms with Gasteiger partial charge in [0.25, 0.3) is 0 Å². The summed E-state index contributed by atoms with van der Waals surface area (Å²) >= 11 is 3.46. The van der Waals surface area contributed by atoms with Gasteiger partial charge in [0.2, 0.25) is 0 Å². The molecule has 1 aliphatic rings. The first-order chi connectivity index (χ1) is 10.5. The van der Waals surface area contributed by atoms with E-state index in [9.17, 15) is 4.79 Å². The van der Waals surface area contributed by atoms with Gasteiger partial charge in [-0.3, -0.25) is 4.79 Å². The van der Waals surface area contributed by atoms with Crippen molar-refractivity contribution in [3.05, 3.63) is 63.2 Å². The van der Waals surface area contributed by atoms with Gasteiger partial charge in [-0.1, -0.05) is 69.6 Å². The average Bonchev–Trinajstić information content (AvgIpc) is 2.40. The third kappa shape index (κ3) is 4.32. The van der Waals surface area contributed by atoms with E-state index < -0.39 is 0 Å². The molecule has 0 aromatic heterocycles. The van der Waals surface area contributed by atoms with Crippen molar-refractivity contribution in [2.45, 2.75) is 41.5 Å². The van der Waals surface area contributed by atoms with E-state index >= 15 is 0 Å². The van der Waals surface area contributed by atoms with Crippen LogP contribution in [-0.2, 0) is 4.79 Å². The molecular formula is C21H25BrO. The first-order valence-corrected chi connectivity index (χ1v) is 8.74. The van der Waals surface area contributed by atoms with E-state index in [2.05, 4.69) is 75.7 Å². The molecule has 2 rings (SSSR count). The van der Waals surface area contributed by atoms with Gasteiger partial charge < -0.3 is 0 Å². The Labute approximate surface area is 148 Å². The fourth-order valence-corrected chi connectivity index (χ4v) is 2.86. The van der Waals surface area contributed by atoms with Crippen LogP contribution in [0.3, 0.4) is 0 Å². The summed E-state index contributed by atoms with van der Waals surface area (Å²) < 4.78 is 1.07. The molecule has 122 valence electrons. The Bertz CT molecular complexity index is 666. The van der Waals surface area contributed by atoms with Crippen molar-refractivity contribution in [3.63, 3.8) is 0 Å². The van der Waals surface area contributed by atoms with Crippen molar-refractivity contribution >= 4 is 27.8 Å². The highest BCUT2D eigenvalue weighted by Gasteiger charge is 2.33. The van der Waals surface area contributed by atoms with Crippen LogP contribution in [0.1, 0.15) is 47.1 Å². The van der Waals surface area contributed by atoms with Crippen molar-refractivity contribution in [2.75, 3.05) is 0 Å². The maximum absolute atomic E-state index is 12.9. The van der Waals surface area contributed by atoms with Crippen molar-refractivity contribution < 1.29 is 4.79 Å². The molecule has 0 saturated heterocycles. The van der Waals surface area contributed by atoms with Gasteiger partial charge >= 0.3 is 0 Å². The first-order valence-electron chi connectivity index (χ1n) is 7.95. The van der Waals surface area contributed by atoms with Crippen molar-refractivity contribution in [3.8, 4) is 0 Å². The van der Waals surface area contributed by atoms with Gasteiger partial charge in [0.15, 0.2) is 5.78 Å². The summed E-state index contributed by atoms with van der Waals surface area (Å²) in [6, 6.07) is 8.21. The van der Waals surface area contributed by atoms with Gasteiger partial charge in [-0.25, -0.2) is 0 Å². The van der Waals surface area contributed by atoms with E-state index in [1.54, 1.807) is 0 Å². The number of hydrogen-bond donors (Lipinski definition) is 0. The lowest BCUT2D eigenvalue weighted by Crippen LogP contribution is -2.27. The van der Waals surface area contributed by atoms with Crippen molar-refractivity contribution in [1.82, 2.24) is 0 Å². The summed E-state index contributed by atoms with van der Waals surface area (Å²) in [6.07, 6.45) is 6.22. The molecule has 0 bridgehead atoms. The van der Waals surface area contributed by atoms with Gasteiger partial charge in [0.05, 0.1) is 0 Å². The van der Waals surface area contributed by atoms with Gasteiger partial charge in [0, 0.05) is 15.6 Å². The summed E-state index contributed by atoms with van der Waals surface area (Å²) in [5.41, 5.74) is 3.65. The molecule has 0 radical (unpaired) electrons. The Morgan fingerprint density at radius 3 is 1.65 bits per heavy atom. The lowest BCUT2D eigenvalue weighted by Gasteiger charge is -2.31. The highest BCUT2D eigenvalue weighted by atomic mass is 79.9. The number of carbonyl (C=O) groups excluding carboxylic acids is 1. The van der Waals surface area contributed by atoms with Crippen molar-refractivity contribution in [1.29, 1.82) is 0 Å². The van der Waals surface area contributed by atoms with Crippen LogP contribution >= 0.6 is 15.9 Å². The molecule has 0 atom stereocenters. The average molecular weight is 373 g/mol. The zero-order chi connectivity index (χ0) is 17.4. The number of hydrogen-bond acceptors (Lipinski definition) is 1. The predicted octanol–water partition coefficient (Wildman–Crippen LogP) is 6.36. The number of carbonyl (C=O) groups is 1. The number of allylic oxidation sites excluding steroid dienone is 5. The second-order valence-corrected chi connectivity index (χ2v) is 9.06. The van der Waals surface area contributed by atoms with Gasteiger partial charge in [-0.05, 0) is 52.3 Å². The monoisotopic (exact) mass is 372 g/mol. The van der Waals surface area contributed by atoms with Crippen LogP contribution in [0.5, 0.6) is 0 Å². The topological polar surface area (TPSA) is 17.1 Å². The molecule has 23 heavy (non-hydrogen) atoms. The smallest absolute Gasteiger partial charge is 0.186 e. The molecule has 0 fully saturated rings. The van der Waals surface area contributed by atoms with E-state index in [1.165, 1.54) is 0 Å². The molecule has 1 aliphatic carbocycles. The largest absolute Gasteiger partial charge is 0.289 e. The molecule has 0 aliphatic heterocycles. The summed E-state index contributed by atoms with van der Waals surface area (Å²) in [7, 11) is 0. The molecule has 1 nitrogen and oxygen atoms in total. The molecule has 1 aromatic carbocycles. The van der Waals surface area contributed by atoms with Crippen LogP contribution in [0, 0.1) is 10.8 Å². The SMILES string of the molecule is CC(C)(C)C1=CC(=Cc2ccc(Br)cc2)C=C(C(C)(C)C)C1=O. The van der Waals surface area contributed by atoms with E-state index in [1.807, 2.05) is 24.3 Å². The molecular weight excluding hydrogens is 348 g/mol. The standard InChI is InChI=1S/C21H25BrO/c1-20(2,3)17-12-15(11-14-7-9-16(22)10-8-14)13-18(19(17)23)21(4,5)6/h7-13H,1-6H3. The second-order valence-electron chi connectivity index (χ2n) is 8.14. The number of rotatable bonds is 1. The fraction of sp³-hybridized carbons (Fsp3) is 0.381. The third-order valence-electron chi connectivity index (χ3n) is 3.93. The highest BCUT2D eigenvalue weighted by molar-refractivity contribution is 9.10. The number of ketones is 1. The Morgan fingerprint density at radius 2 is 1.26 bits per heavy atom. The Balaban J connectivity index is 2.56. The van der Waals surface area contributed by atoms with Gasteiger partial charge in [0.1, 0.15) is 0 Å². The second kappa shape index (κ2) is 6.24. The first kappa shape index (κ1) is 17.9. The molecule has 1 aromatic rings. The van der Waals surface area contributed by atoms with E-state index in [-0.39, 0.29) is 16.6 Å². The Kier molecular flexibility index (Phi) is 4.86. The molecule has 0 unspecified atom stereocenters. The van der Waals surface area contributed by atoms with E-state index in [0.717, 1.165) is 26.8 Å². The fourth-order valence-electron chi connectivity index (χ4n) is 2.60. The summed E-state index contributed by atoms with van der Waals surface area (Å²) in [4.78, 5) is 12.9. The molecule has 0 saturated carbocycles. The summed E-state index contributed by atoms with van der Waals surface area (Å²) in [5.74, 6) is 0.179. The normalized spacial score (nSPS) is 16.1. The van der Waals surface area contributed by atoms with E-state index in [0.29, 0.717) is 0 Å². The molecule has 2 heteroatoms. The molecule has 0 spiro atoms. The lowest BCUT2D eigenvalue weighted by molar-refractivity contribution is -0.114. The van der Waals surface area contributed by atoms with Crippen LogP contribution in [0.2, 0.25) is 0 Å². The van der Waals surface area contributed by atoms with Gasteiger partial charge in [-0.15, -0.1) is 0 Å². The highest BCUT2D eigenvalue weighted by Crippen LogP contribution is 2.39. The molecule has 0 amide bonds. The molecule has 0 heterocycles. The minimum Gasteiger partial charge on any atom is -0.289 e. The minimum atomic E-state index is -0.166. The number of benzene rings is 1. The minimum absolute atomic E-state index is 0.166. The van der Waals surface area contributed by atoms with Crippen LogP contribution in [-0.4, -0.2) is 5.78 Å². The quantitative estimate of drug-likeness (QED) is 0.560. The van der Waals surface area contributed by atoms with Crippen LogP contribution < -0.4 is 0 Å². The summed E-state index contributed by atoms with van der Waals surface area (Å²) in [5, 5.41) is 0. The third-order valence-corrected chi connectivity index (χ3v) is 4.46. The number of halogens is 1. The Hall–Kier alpha value is -1.41. The van der Waals surface area contributed by atoms with E-state index in [4.69, 9.17) is 0 Å². The summed E-state index contributed by atoms with van der Waals surface area (Å²) in [6.45, 7) is 12.6. The Morgan fingerprint density at radius 1 is 0.826 bits per heavy atom. The maximum Gasteiger partial charge on any atom is 0.186 e. The van der Waals surface area contributed by atoms with Crippen LogP contribution in [0.4, 0.5) is 0 Å². The zero-order valence-electron chi connectivity index (χ0n) is 14.8. The van der Waals surface area contributed by atoms with Crippen molar-refractivity contribution in [2.24, 2.45) is 10.8 Å². The predicted molar refractivity (Wildman–Crippen MR) is 102 cm³/mol. The number of Topliss-reactive ketones (excluding diaryl/α,β-unsaturated/α-hetero) is 1. The van der Waals surface area contributed by atoms with Gasteiger partial charge in [-0.2, -0.15) is 0 Å². The maximum atomic E-state index is 12.9. The lowest BCUT2D eigenvalue weighted by atomic mass is 9.72.